The molecule has 5 nitrogen and oxygen atoms in total. The number of rotatable bonds is 6. The monoisotopic (exact) mass is 351 g/mol. The standard InChI is InChI=1S/C18H26ClN3O2/c1-13(2)21-17(23)12-22-8-6-14(7-9-22)11-20-18(24)15-4-3-5-16(19)10-15/h3-5,10,13-14H,6-9,11-12H2,1-2H3,(H,20,24)(H,21,23). The van der Waals surface area contributed by atoms with Crippen molar-refractivity contribution >= 4 is 23.4 Å². The largest absolute Gasteiger partial charge is 0.353 e. The van der Waals surface area contributed by atoms with E-state index in [1.165, 1.54) is 0 Å². The van der Waals surface area contributed by atoms with Crippen LogP contribution in [0.15, 0.2) is 24.3 Å². The van der Waals surface area contributed by atoms with E-state index >= 15 is 0 Å². The third-order valence-corrected chi connectivity index (χ3v) is 4.40. The van der Waals surface area contributed by atoms with Gasteiger partial charge >= 0.3 is 0 Å². The highest BCUT2D eigenvalue weighted by Crippen LogP contribution is 2.16. The van der Waals surface area contributed by atoms with Gasteiger partial charge in [-0.25, -0.2) is 0 Å². The van der Waals surface area contributed by atoms with E-state index in [4.69, 9.17) is 11.6 Å². The van der Waals surface area contributed by atoms with Crippen LogP contribution in [0.4, 0.5) is 0 Å². The van der Waals surface area contributed by atoms with E-state index in [1.54, 1.807) is 24.3 Å². The summed E-state index contributed by atoms with van der Waals surface area (Å²) in [5, 5.41) is 6.46. The second-order valence-corrected chi connectivity index (χ2v) is 7.10. The highest BCUT2D eigenvalue weighted by atomic mass is 35.5. The molecule has 2 N–H and O–H groups in total. The Morgan fingerprint density at radius 3 is 2.62 bits per heavy atom. The van der Waals surface area contributed by atoms with Gasteiger partial charge < -0.3 is 10.6 Å². The maximum absolute atomic E-state index is 12.1. The van der Waals surface area contributed by atoms with Crippen LogP contribution >= 0.6 is 11.6 Å². The molecule has 2 rings (SSSR count). The lowest BCUT2D eigenvalue weighted by Gasteiger charge is -2.31. The Bertz CT molecular complexity index is 569. The van der Waals surface area contributed by atoms with Crippen molar-refractivity contribution in [2.75, 3.05) is 26.2 Å². The molecular weight excluding hydrogens is 326 g/mol. The highest BCUT2D eigenvalue weighted by molar-refractivity contribution is 6.30. The summed E-state index contributed by atoms with van der Waals surface area (Å²) in [4.78, 5) is 26.1. The molecule has 1 fully saturated rings. The molecule has 0 aromatic heterocycles. The third-order valence-electron chi connectivity index (χ3n) is 4.16. The Morgan fingerprint density at radius 2 is 2.00 bits per heavy atom. The first kappa shape index (κ1) is 18.7. The number of benzene rings is 1. The number of hydrogen-bond donors (Lipinski definition) is 2. The quantitative estimate of drug-likeness (QED) is 0.826. The number of hydrogen-bond acceptors (Lipinski definition) is 3. The Kier molecular flexibility index (Phi) is 7.06. The van der Waals surface area contributed by atoms with Crippen LogP contribution in [0.2, 0.25) is 5.02 Å². The number of halogens is 1. The average Bonchev–Trinajstić information content (AvgIpc) is 2.53. The number of piperidine rings is 1. The zero-order chi connectivity index (χ0) is 17.5. The molecule has 1 aliphatic rings. The molecule has 2 amide bonds. The molecule has 0 atom stereocenters. The van der Waals surface area contributed by atoms with Gasteiger partial charge in [0.05, 0.1) is 6.54 Å². The van der Waals surface area contributed by atoms with E-state index in [2.05, 4.69) is 15.5 Å². The van der Waals surface area contributed by atoms with Gasteiger partial charge in [-0.3, -0.25) is 14.5 Å². The molecule has 0 spiro atoms. The van der Waals surface area contributed by atoms with Crippen molar-refractivity contribution < 1.29 is 9.59 Å². The van der Waals surface area contributed by atoms with Gasteiger partial charge in [-0.1, -0.05) is 17.7 Å². The molecule has 0 unspecified atom stereocenters. The molecule has 6 heteroatoms. The van der Waals surface area contributed by atoms with Gasteiger partial charge in [0.1, 0.15) is 0 Å². The summed E-state index contributed by atoms with van der Waals surface area (Å²) >= 11 is 5.91. The van der Waals surface area contributed by atoms with Crippen molar-refractivity contribution in [3.63, 3.8) is 0 Å². The predicted octanol–water partition coefficient (Wildman–Crippen LogP) is 2.31. The van der Waals surface area contributed by atoms with Crippen LogP contribution in [-0.4, -0.2) is 48.9 Å². The third kappa shape index (κ3) is 6.13. The molecule has 1 aromatic carbocycles. The van der Waals surface area contributed by atoms with Crippen LogP contribution in [0, 0.1) is 5.92 Å². The number of likely N-dealkylation sites (tertiary alicyclic amines) is 1. The molecule has 1 aromatic rings. The second kappa shape index (κ2) is 9.04. The van der Waals surface area contributed by atoms with Gasteiger partial charge in [0.2, 0.25) is 5.91 Å². The van der Waals surface area contributed by atoms with E-state index in [1.807, 2.05) is 13.8 Å². The highest BCUT2D eigenvalue weighted by Gasteiger charge is 2.21. The first-order valence-corrected chi connectivity index (χ1v) is 8.87. The number of carbonyl (C=O) groups excluding carboxylic acids is 2. The first-order valence-electron chi connectivity index (χ1n) is 8.49. The molecule has 0 bridgehead atoms. The summed E-state index contributed by atoms with van der Waals surface area (Å²) in [5.41, 5.74) is 0.588. The minimum Gasteiger partial charge on any atom is -0.353 e. The van der Waals surface area contributed by atoms with E-state index in [9.17, 15) is 9.59 Å². The zero-order valence-corrected chi connectivity index (χ0v) is 15.1. The van der Waals surface area contributed by atoms with Crippen molar-refractivity contribution in [3.05, 3.63) is 34.9 Å². The van der Waals surface area contributed by atoms with E-state index < -0.39 is 0 Å². The van der Waals surface area contributed by atoms with Crippen molar-refractivity contribution in [2.45, 2.75) is 32.7 Å². The van der Waals surface area contributed by atoms with Gasteiger partial charge in [-0.2, -0.15) is 0 Å². The van der Waals surface area contributed by atoms with Crippen LogP contribution in [0.1, 0.15) is 37.0 Å². The van der Waals surface area contributed by atoms with Gasteiger partial charge in [-0.15, -0.1) is 0 Å². The molecule has 0 saturated carbocycles. The van der Waals surface area contributed by atoms with E-state index in [-0.39, 0.29) is 17.9 Å². The van der Waals surface area contributed by atoms with Crippen molar-refractivity contribution in [1.82, 2.24) is 15.5 Å². The SMILES string of the molecule is CC(C)NC(=O)CN1CCC(CNC(=O)c2cccc(Cl)c2)CC1. The first-order chi connectivity index (χ1) is 11.4. The molecule has 1 heterocycles. The second-order valence-electron chi connectivity index (χ2n) is 6.66. The van der Waals surface area contributed by atoms with E-state index in [0.29, 0.717) is 29.6 Å². The Morgan fingerprint density at radius 1 is 1.29 bits per heavy atom. The summed E-state index contributed by atoms with van der Waals surface area (Å²) in [6, 6.07) is 7.14. The maximum atomic E-state index is 12.1. The van der Waals surface area contributed by atoms with Crippen molar-refractivity contribution in [1.29, 1.82) is 0 Å². The Hall–Kier alpha value is -1.59. The summed E-state index contributed by atoms with van der Waals surface area (Å²) in [6.07, 6.45) is 1.98. The predicted molar refractivity (Wildman–Crippen MR) is 96.2 cm³/mol. The average molecular weight is 352 g/mol. The van der Waals surface area contributed by atoms with Gasteiger partial charge in [0.25, 0.3) is 5.91 Å². The smallest absolute Gasteiger partial charge is 0.251 e. The van der Waals surface area contributed by atoms with Gasteiger partial charge in [-0.05, 0) is 63.9 Å². The number of amides is 2. The topological polar surface area (TPSA) is 61.4 Å². The van der Waals surface area contributed by atoms with Crippen LogP contribution in [0.5, 0.6) is 0 Å². The fourth-order valence-corrected chi connectivity index (χ4v) is 3.08. The van der Waals surface area contributed by atoms with Gasteiger partial charge in [0, 0.05) is 23.2 Å². The maximum Gasteiger partial charge on any atom is 0.251 e. The Labute approximate surface area is 148 Å². The summed E-state index contributed by atoms with van der Waals surface area (Å²) in [5.74, 6) is 0.450. The number of nitrogens with zero attached hydrogens (tertiary/aromatic N) is 1. The minimum absolute atomic E-state index is 0.0812. The van der Waals surface area contributed by atoms with E-state index in [0.717, 1.165) is 25.9 Å². The number of nitrogens with one attached hydrogen (secondary N) is 2. The molecule has 0 radical (unpaired) electrons. The Balaban J connectivity index is 1.69. The van der Waals surface area contributed by atoms with Crippen LogP contribution in [0.3, 0.4) is 0 Å². The van der Waals surface area contributed by atoms with Crippen molar-refractivity contribution in [2.24, 2.45) is 5.92 Å². The van der Waals surface area contributed by atoms with Crippen molar-refractivity contribution in [3.8, 4) is 0 Å². The molecule has 132 valence electrons. The van der Waals surface area contributed by atoms with Crippen LogP contribution in [0.25, 0.3) is 0 Å². The zero-order valence-electron chi connectivity index (χ0n) is 14.3. The lowest BCUT2D eigenvalue weighted by atomic mass is 9.96. The molecule has 0 aliphatic carbocycles. The van der Waals surface area contributed by atoms with Crippen LogP contribution < -0.4 is 10.6 Å². The summed E-state index contributed by atoms with van der Waals surface area (Å²) in [6.45, 7) is 6.84. The lowest BCUT2D eigenvalue weighted by Crippen LogP contribution is -2.44. The molecule has 1 aliphatic heterocycles. The normalized spacial score (nSPS) is 16.2. The summed E-state index contributed by atoms with van der Waals surface area (Å²) < 4.78 is 0. The molecule has 24 heavy (non-hydrogen) atoms. The lowest BCUT2D eigenvalue weighted by molar-refractivity contribution is -0.123. The molecule has 1 saturated heterocycles. The minimum atomic E-state index is -0.0868. The fraction of sp³-hybridized carbons (Fsp3) is 0.556. The fourth-order valence-electron chi connectivity index (χ4n) is 2.89. The number of carbonyl (C=O) groups is 2. The van der Waals surface area contributed by atoms with Crippen LogP contribution in [-0.2, 0) is 4.79 Å². The molecular formula is C18H26ClN3O2. The van der Waals surface area contributed by atoms with Gasteiger partial charge in [0.15, 0.2) is 0 Å². The summed E-state index contributed by atoms with van der Waals surface area (Å²) in [7, 11) is 0.